The Morgan fingerprint density at radius 1 is 1.11 bits per heavy atom. The van der Waals surface area contributed by atoms with Crippen LogP contribution in [0.1, 0.15) is 57.8 Å². The van der Waals surface area contributed by atoms with Gasteiger partial charge in [0.25, 0.3) is 0 Å². The van der Waals surface area contributed by atoms with Crippen LogP contribution < -0.4 is 4.74 Å². The molecule has 8 nitrogen and oxygen atoms in total. The number of cyclic esters (lactones) is 1. The third-order valence-electron chi connectivity index (χ3n) is 11.1. The van der Waals surface area contributed by atoms with Gasteiger partial charge in [-0.05, 0) is 85.8 Å². The first-order chi connectivity index (χ1) is 21.7. The number of nitrogens with zero attached hydrogens (tertiary/aromatic N) is 2. The van der Waals surface area contributed by atoms with E-state index in [2.05, 4.69) is 20.4 Å². The summed E-state index contributed by atoms with van der Waals surface area (Å²) in [4.78, 5) is 12.2. The minimum absolute atomic E-state index is 0.0233. The molecule has 3 heterocycles. The van der Waals surface area contributed by atoms with Crippen LogP contribution in [-0.2, 0) is 19.0 Å². The molecule has 0 amide bonds. The van der Waals surface area contributed by atoms with Gasteiger partial charge >= 0.3 is 5.97 Å². The third-order valence-corrected chi connectivity index (χ3v) is 11.1. The highest BCUT2D eigenvalue weighted by atomic mass is 16.7. The normalized spacial score (nSPS) is 33.9. The Balaban J connectivity index is 1.17. The fourth-order valence-electron chi connectivity index (χ4n) is 8.60. The van der Waals surface area contributed by atoms with E-state index in [1.54, 1.807) is 7.11 Å². The maximum absolute atomic E-state index is 12.2. The zero-order chi connectivity index (χ0) is 31.3. The Bertz CT molecular complexity index is 1610. The molecular formula is C37H42N2O6. The second-order valence-electron chi connectivity index (χ2n) is 13.6. The van der Waals surface area contributed by atoms with E-state index < -0.39 is 18.4 Å². The molecule has 45 heavy (non-hydrogen) atoms. The second kappa shape index (κ2) is 11.6. The van der Waals surface area contributed by atoms with Crippen molar-refractivity contribution in [3.63, 3.8) is 0 Å². The number of carbonyl (C=O) groups excluding carboxylic acids is 1. The van der Waals surface area contributed by atoms with E-state index in [4.69, 9.17) is 24.0 Å². The summed E-state index contributed by atoms with van der Waals surface area (Å²) in [5.41, 5.74) is 5.05. The molecule has 0 spiro atoms. The molecular weight excluding hydrogens is 568 g/mol. The highest BCUT2D eigenvalue weighted by Gasteiger charge is 2.60. The minimum Gasteiger partial charge on any atom is -0.497 e. The van der Waals surface area contributed by atoms with Crippen molar-refractivity contribution in [2.24, 2.45) is 22.7 Å². The predicted molar refractivity (Wildman–Crippen MR) is 170 cm³/mol. The van der Waals surface area contributed by atoms with Gasteiger partial charge in [-0.2, -0.15) is 5.10 Å². The lowest BCUT2D eigenvalue weighted by Crippen LogP contribution is -2.60. The zero-order valence-corrected chi connectivity index (χ0v) is 26.3. The summed E-state index contributed by atoms with van der Waals surface area (Å²) in [5, 5.41) is 15.3. The van der Waals surface area contributed by atoms with Crippen LogP contribution in [0.4, 0.5) is 0 Å². The van der Waals surface area contributed by atoms with E-state index in [1.807, 2.05) is 71.6 Å². The number of esters is 1. The number of aliphatic hydroxyl groups excluding tert-OH is 1. The molecule has 3 aromatic rings. The summed E-state index contributed by atoms with van der Waals surface area (Å²) < 4.78 is 26.0. The molecule has 0 bridgehead atoms. The van der Waals surface area contributed by atoms with Gasteiger partial charge in [0.05, 0.1) is 36.6 Å². The van der Waals surface area contributed by atoms with Crippen molar-refractivity contribution in [3.8, 4) is 22.7 Å². The number of aliphatic hydroxyl groups is 1. The van der Waals surface area contributed by atoms with E-state index >= 15 is 0 Å². The van der Waals surface area contributed by atoms with Crippen molar-refractivity contribution < 1.29 is 28.8 Å². The lowest BCUT2D eigenvalue weighted by Gasteiger charge is -2.62. The number of methoxy groups -OCH3 is 1. The fraction of sp³-hybridized carbons (Fsp3) is 0.459. The van der Waals surface area contributed by atoms with Gasteiger partial charge in [-0.1, -0.05) is 50.3 Å². The molecule has 1 N–H and O–H groups in total. The predicted octanol–water partition coefficient (Wildman–Crippen LogP) is 6.58. The van der Waals surface area contributed by atoms with Crippen LogP contribution in [0.2, 0.25) is 0 Å². The van der Waals surface area contributed by atoms with E-state index in [9.17, 15) is 9.90 Å². The summed E-state index contributed by atoms with van der Waals surface area (Å²) in [6.45, 7) is 9.81. The van der Waals surface area contributed by atoms with Crippen LogP contribution >= 0.6 is 0 Å². The van der Waals surface area contributed by atoms with Gasteiger partial charge in [0.2, 0.25) is 0 Å². The SMILES string of the molecule is C=C1CC[C@@H]2[C@]3(C)COC(c4cn(-c5ccccc5)nc4-c4ccc(OC)cc4)O[C@@H]3CC[C@@]2(C)[C@@H]1C/C=C1/C(=O)OCC1O. The summed E-state index contributed by atoms with van der Waals surface area (Å²) in [6, 6.07) is 18.0. The lowest BCUT2D eigenvalue weighted by atomic mass is 9.46. The first kappa shape index (κ1) is 30.0. The van der Waals surface area contributed by atoms with Crippen molar-refractivity contribution >= 4 is 5.97 Å². The van der Waals surface area contributed by atoms with Gasteiger partial charge in [-0.25, -0.2) is 9.48 Å². The maximum atomic E-state index is 12.2. The van der Waals surface area contributed by atoms with Crippen molar-refractivity contribution in [1.29, 1.82) is 0 Å². The highest BCUT2D eigenvalue weighted by Crippen LogP contribution is 2.64. The highest BCUT2D eigenvalue weighted by molar-refractivity contribution is 5.91. The molecule has 1 aromatic heterocycles. The van der Waals surface area contributed by atoms with Crippen molar-refractivity contribution in [1.82, 2.24) is 9.78 Å². The molecule has 0 radical (unpaired) electrons. The van der Waals surface area contributed by atoms with Crippen LogP contribution in [0.15, 0.2) is 84.6 Å². The number of benzene rings is 2. The molecule has 2 aliphatic carbocycles. The molecule has 7 atom stereocenters. The summed E-state index contributed by atoms with van der Waals surface area (Å²) in [5.74, 6) is 0.932. The number of hydrogen-bond acceptors (Lipinski definition) is 7. The molecule has 7 rings (SSSR count). The number of hydrogen-bond donors (Lipinski definition) is 1. The number of para-hydroxylation sites is 1. The Morgan fingerprint density at radius 3 is 2.60 bits per heavy atom. The zero-order valence-electron chi connectivity index (χ0n) is 26.3. The molecule has 4 fully saturated rings. The van der Waals surface area contributed by atoms with Crippen LogP contribution in [0.5, 0.6) is 5.75 Å². The molecule has 8 heteroatoms. The van der Waals surface area contributed by atoms with Crippen LogP contribution in [-0.4, -0.2) is 53.4 Å². The summed E-state index contributed by atoms with van der Waals surface area (Å²) in [6.07, 6.45) is 7.07. The van der Waals surface area contributed by atoms with Crippen molar-refractivity contribution in [3.05, 3.63) is 90.2 Å². The Kier molecular flexibility index (Phi) is 7.71. The number of carbonyl (C=O) groups is 1. The van der Waals surface area contributed by atoms with Crippen LogP contribution in [0, 0.1) is 22.7 Å². The van der Waals surface area contributed by atoms with Crippen molar-refractivity contribution in [2.75, 3.05) is 20.3 Å². The van der Waals surface area contributed by atoms with Gasteiger partial charge < -0.3 is 24.1 Å². The second-order valence-corrected chi connectivity index (χ2v) is 13.6. The average molecular weight is 611 g/mol. The topological polar surface area (TPSA) is 92.0 Å². The van der Waals surface area contributed by atoms with Gasteiger partial charge in [-0.3, -0.25) is 0 Å². The first-order valence-electron chi connectivity index (χ1n) is 16.0. The smallest absolute Gasteiger partial charge is 0.336 e. The van der Waals surface area contributed by atoms with Crippen LogP contribution in [0.3, 0.4) is 0 Å². The number of aromatic nitrogens is 2. The van der Waals surface area contributed by atoms with E-state index in [0.717, 1.165) is 53.9 Å². The Morgan fingerprint density at radius 2 is 1.89 bits per heavy atom. The van der Waals surface area contributed by atoms with E-state index in [0.29, 0.717) is 24.5 Å². The maximum Gasteiger partial charge on any atom is 0.336 e. The largest absolute Gasteiger partial charge is 0.497 e. The minimum atomic E-state index is -0.850. The molecule has 2 saturated heterocycles. The van der Waals surface area contributed by atoms with E-state index in [1.165, 1.54) is 5.57 Å². The molecule has 4 aliphatic rings. The first-order valence-corrected chi connectivity index (χ1v) is 16.0. The van der Waals surface area contributed by atoms with Crippen molar-refractivity contribution in [2.45, 2.75) is 64.4 Å². The Labute approximate surface area is 264 Å². The van der Waals surface area contributed by atoms with Gasteiger partial charge in [-0.15, -0.1) is 0 Å². The summed E-state index contributed by atoms with van der Waals surface area (Å²) >= 11 is 0. The standard InChI is InChI=1S/C37H42N2O6/c1-23-10-17-31-36(2,29(23)16-15-27-30(40)21-43-34(27)41)19-18-32-37(31,3)22-44-35(45-32)28-20-39(25-8-6-5-7-9-25)38-33(28)24-11-13-26(42-4)14-12-24/h5-9,11-15,20,29-32,35,40H,1,10,16-19,21-22H2,2-4H3/b27-15+/t29-,30?,31+,32-,35?,36+,37+/m1/s1. The molecule has 236 valence electrons. The van der Waals surface area contributed by atoms with Gasteiger partial charge in [0, 0.05) is 17.2 Å². The molecule has 2 saturated carbocycles. The molecule has 2 unspecified atom stereocenters. The van der Waals surface area contributed by atoms with Gasteiger partial charge in [0.15, 0.2) is 6.29 Å². The quantitative estimate of drug-likeness (QED) is 0.191. The number of ether oxygens (including phenoxy) is 4. The monoisotopic (exact) mass is 610 g/mol. The summed E-state index contributed by atoms with van der Waals surface area (Å²) in [7, 11) is 1.66. The third kappa shape index (κ3) is 5.13. The fourth-order valence-corrected chi connectivity index (χ4v) is 8.60. The Hall–Kier alpha value is -3.72. The molecule has 2 aromatic carbocycles. The number of fused-ring (bicyclic) bond motifs is 3. The molecule has 2 aliphatic heterocycles. The van der Waals surface area contributed by atoms with Gasteiger partial charge in [0.1, 0.15) is 24.2 Å². The van der Waals surface area contributed by atoms with E-state index in [-0.39, 0.29) is 29.5 Å². The van der Waals surface area contributed by atoms with Crippen LogP contribution in [0.25, 0.3) is 16.9 Å². The number of rotatable bonds is 6. The average Bonchev–Trinajstić information content (AvgIpc) is 3.64. The lowest BCUT2D eigenvalue weighted by molar-refractivity contribution is -0.307. The number of allylic oxidation sites excluding steroid dienone is 2.